The number of benzene rings is 3. The summed E-state index contributed by atoms with van der Waals surface area (Å²) >= 11 is 0. The molecule has 4 rings (SSSR count). The van der Waals surface area contributed by atoms with Crippen LogP contribution < -0.4 is 19.5 Å². The minimum Gasteiger partial charge on any atom is -0.494 e. The number of fused-ring (bicyclic) bond motifs is 1. The van der Waals surface area contributed by atoms with E-state index in [1.807, 2.05) is 43.3 Å². The molecule has 3 aromatic carbocycles. The van der Waals surface area contributed by atoms with E-state index in [0.717, 1.165) is 42.0 Å². The number of hydrogen-bond acceptors (Lipinski definition) is 5. The Morgan fingerprint density at radius 3 is 2.56 bits per heavy atom. The number of unbranched alkanes of at least 4 members (excludes halogenated alkanes) is 1. The lowest BCUT2D eigenvalue weighted by molar-refractivity contribution is 0.0937. The number of carbonyl (C=O) groups is 1. The van der Waals surface area contributed by atoms with Crippen LogP contribution in [0.5, 0.6) is 17.2 Å². The molecule has 36 heavy (non-hydrogen) atoms. The lowest BCUT2D eigenvalue weighted by atomic mass is 10.1. The maximum atomic E-state index is 13.0. The molecule has 0 aliphatic heterocycles. The minimum atomic E-state index is -0.290. The number of hydrogen-bond donors (Lipinski definition) is 1. The van der Waals surface area contributed by atoms with Crippen LogP contribution in [-0.4, -0.2) is 36.3 Å². The second-order valence-electron chi connectivity index (χ2n) is 8.75. The van der Waals surface area contributed by atoms with Crippen molar-refractivity contribution >= 4 is 16.9 Å². The van der Waals surface area contributed by atoms with Gasteiger partial charge in [-0.15, -0.1) is 0 Å². The minimum absolute atomic E-state index is 0.200. The summed E-state index contributed by atoms with van der Waals surface area (Å²) in [4.78, 5) is 17.9. The Bertz CT molecular complexity index is 1330. The number of aryl methyl sites for hydroxylation is 2. The van der Waals surface area contributed by atoms with Crippen LogP contribution in [0.2, 0.25) is 0 Å². The van der Waals surface area contributed by atoms with E-state index in [1.54, 1.807) is 32.4 Å². The smallest absolute Gasteiger partial charge is 0.251 e. The highest BCUT2D eigenvalue weighted by Crippen LogP contribution is 2.28. The van der Waals surface area contributed by atoms with Gasteiger partial charge in [0, 0.05) is 12.1 Å². The maximum Gasteiger partial charge on any atom is 0.251 e. The van der Waals surface area contributed by atoms with Crippen LogP contribution in [0, 0.1) is 6.92 Å². The summed E-state index contributed by atoms with van der Waals surface area (Å²) in [5, 5.41) is 3.09. The van der Waals surface area contributed by atoms with E-state index in [0.29, 0.717) is 23.7 Å². The first-order valence-corrected chi connectivity index (χ1v) is 12.2. The largest absolute Gasteiger partial charge is 0.494 e. The molecule has 7 nitrogen and oxygen atoms in total. The number of para-hydroxylation sites is 2. The number of imidazole rings is 1. The van der Waals surface area contributed by atoms with Crippen LogP contribution in [0.4, 0.5) is 0 Å². The van der Waals surface area contributed by atoms with E-state index in [2.05, 4.69) is 28.9 Å². The zero-order valence-electron chi connectivity index (χ0n) is 21.3. The highest BCUT2D eigenvalue weighted by Gasteiger charge is 2.20. The molecule has 1 heterocycles. The van der Waals surface area contributed by atoms with Crippen molar-refractivity contribution in [1.29, 1.82) is 0 Å². The summed E-state index contributed by atoms with van der Waals surface area (Å²) < 4.78 is 18.7. The summed E-state index contributed by atoms with van der Waals surface area (Å²) in [5.41, 5.74) is 3.65. The van der Waals surface area contributed by atoms with Gasteiger partial charge in [-0.3, -0.25) is 4.79 Å². The summed E-state index contributed by atoms with van der Waals surface area (Å²) in [6.45, 7) is 5.45. The molecule has 1 aromatic heterocycles. The molecule has 0 saturated heterocycles. The van der Waals surface area contributed by atoms with Crippen LogP contribution in [0.25, 0.3) is 11.0 Å². The van der Waals surface area contributed by atoms with Gasteiger partial charge in [0.15, 0.2) is 11.5 Å². The Kier molecular flexibility index (Phi) is 8.10. The SMILES string of the molecule is COc1ccc(C(=O)NC(C)c2nc3ccccc3n2CCCCOc2cccc(C)c2)cc1OC. The predicted molar refractivity (Wildman–Crippen MR) is 141 cm³/mol. The number of ether oxygens (including phenoxy) is 3. The molecule has 0 fully saturated rings. The molecule has 0 aliphatic carbocycles. The van der Waals surface area contributed by atoms with Crippen molar-refractivity contribution in [3.8, 4) is 17.2 Å². The molecular formula is C29H33N3O4. The third-order valence-electron chi connectivity index (χ3n) is 6.10. The molecular weight excluding hydrogens is 454 g/mol. The van der Waals surface area contributed by atoms with Gasteiger partial charge in [-0.1, -0.05) is 24.3 Å². The third-order valence-corrected chi connectivity index (χ3v) is 6.10. The van der Waals surface area contributed by atoms with E-state index in [4.69, 9.17) is 19.2 Å². The van der Waals surface area contributed by atoms with Gasteiger partial charge in [0.25, 0.3) is 5.91 Å². The number of nitrogens with one attached hydrogen (secondary N) is 1. The number of aromatic nitrogens is 2. The highest BCUT2D eigenvalue weighted by atomic mass is 16.5. The molecule has 0 bridgehead atoms. The fourth-order valence-electron chi connectivity index (χ4n) is 4.25. The number of nitrogens with zero attached hydrogens (tertiary/aromatic N) is 2. The second-order valence-corrected chi connectivity index (χ2v) is 8.75. The second kappa shape index (κ2) is 11.6. The van der Waals surface area contributed by atoms with Crippen molar-refractivity contribution in [2.75, 3.05) is 20.8 Å². The molecule has 7 heteroatoms. The predicted octanol–water partition coefficient (Wildman–Crippen LogP) is 5.71. The van der Waals surface area contributed by atoms with Gasteiger partial charge in [-0.05, 0) is 74.7 Å². The number of amides is 1. The first-order valence-electron chi connectivity index (χ1n) is 12.2. The Morgan fingerprint density at radius 1 is 0.972 bits per heavy atom. The average Bonchev–Trinajstić information content (AvgIpc) is 3.26. The van der Waals surface area contributed by atoms with E-state index in [9.17, 15) is 4.79 Å². The molecule has 1 unspecified atom stereocenters. The molecule has 0 saturated carbocycles. The lowest BCUT2D eigenvalue weighted by Crippen LogP contribution is -2.28. The quantitative estimate of drug-likeness (QED) is 0.274. The Labute approximate surface area is 212 Å². The van der Waals surface area contributed by atoms with Gasteiger partial charge in [0.1, 0.15) is 11.6 Å². The standard InChI is InChI=1S/C29H33N3O4/c1-20-10-9-11-23(18-20)36-17-8-7-16-32-25-13-6-5-12-24(25)31-28(32)21(2)30-29(33)22-14-15-26(34-3)27(19-22)35-4/h5-6,9-15,18-19,21H,7-8,16-17H2,1-4H3,(H,30,33). The molecule has 1 atom stereocenters. The van der Waals surface area contributed by atoms with Crippen molar-refractivity contribution in [2.24, 2.45) is 0 Å². The Hall–Kier alpha value is -4.00. The molecule has 4 aromatic rings. The van der Waals surface area contributed by atoms with Crippen LogP contribution in [-0.2, 0) is 6.54 Å². The lowest BCUT2D eigenvalue weighted by Gasteiger charge is -2.17. The molecule has 188 valence electrons. The van der Waals surface area contributed by atoms with Crippen LogP contribution in [0.3, 0.4) is 0 Å². The van der Waals surface area contributed by atoms with Crippen LogP contribution in [0.15, 0.2) is 66.7 Å². The van der Waals surface area contributed by atoms with Crippen molar-refractivity contribution in [3.63, 3.8) is 0 Å². The van der Waals surface area contributed by atoms with Crippen molar-refractivity contribution in [2.45, 2.75) is 39.3 Å². The zero-order chi connectivity index (χ0) is 25.5. The van der Waals surface area contributed by atoms with Gasteiger partial charge >= 0.3 is 0 Å². The summed E-state index contributed by atoms with van der Waals surface area (Å²) in [6.07, 6.45) is 1.84. The van der Waals surface area contributed by atoms with Gasteiger partial charge in [0.2, 0.25) is 0 Å². The number of carbonyl (C=O) groups excluding carboxylic acids is 1. The first-order chi connectivity index (χ1) is 17.5. The van der Waals surface area contributed by atoms with Gasteiger partial charge < -0.3 is 24.1 Å². The van der Waals surface area contributed by atoms with Gasteiger partial charge in [-0.25, -0.2) is 4.98 Å². The normalized spacial score (nSPS) is 11.8. The Morgan fingerprint density at radius 2 is 1.78 bits per heavy atom. The third kappa shape index (κ3) is 5.79. The van der Waals surface area contributed by atoms with Gasteiger partial charge in [-0.2, -0.15) is 0 Å². The first kappa shape index (κ1) is 25.1. The van der Waals surface area contributed by atoms with Crippen molar-refractivity contribution in [3.05, 3.63) is 83.7 Å². The van der Waals surface area contributed by atoms with Crippen LogP contribution >= 0.6 is 0 Å². The number of rotatable bonds is 11. The maximum absolute atomic E-state index is 13.0. The summed E-state index contributed by atoms with van der Waals surface area (Å²) in [5.74, 6) is 2.61. The summed E-state index contributed by atoms with van der Waals surface area (Å²) in [6, 6.07) is 21.0. The Balaban J connectivity index is 1.44. The average molecular weight is 488 g/mol. The van der Waals surface area contributed by atoms with Crippen LogP contribution in [0.1, 0.15) is 47.6 Å². The molecule has 0 aliphatic rings. The van der Waals surface area contributed by atoms with Crippen molar-refractivity contribution < 1.29 is 19.0 Å². The molecule has 1 N–H and O–H groups in total. The van der Waals surface area contributed by atoms with E-state index >= 15 is 0 Å². The monoisotopic (exact) mass is 487 g/mol. The number of methoxy groups -OCH3 is 2. The van der Waals surface area contributed by atoms with Crippen molar-refractivity contribution in [1.82, 2.24) is 14.9 Å². The molecule has 1 amide bonds. The fourth-order valence-corrected chi connectivity index (χ4v) is 4.25. The van der Waals surface area contributed by atoms with E-state index in [-0.39, 0.29) is 11.9 Å². The zero-order valence-corrected chi connectivity index (χ0v) is 21.3. The van der Waals surface area contributed by atoms with E-state index < -0.39 is 0 Å². The fraction of sp³-hybridized carbons (Fsp3) is 0.310. The van der Waals surface area contributed by atoms with Gasteiger partial charge in [0.05, 0.1) is 37.9 Å². The highest BCUT2D eigenvalue weighted by molar-refractivity contribution is 5.95. The van der Waals surface area contributed by atoms with E-state index in [1.165, 1.54) is 5.56 Å². The molecule has 0 spiro atoms. The topological polar surface area (TPSA) is 74.6 Å². The molecule has 0 radical (unpaired) electrons. The summed E-state index contributed by atoms with van der Waals surface area (Å²) in [7, 11) is 3.12.